The Morgan fingerprint density at radius 1 is 0.614 bits per heavy atom. The Morgan fingerprint density at radius 2 is 1.02 bits per heavy atom. The second-order valence-electron chi connectivity index (χ2n) is 9.63. The number of aromatic nitrogens is 2. The summed E-state index contributed by atoms with van der Waals surface area (Å²) in [5.74, 6) is -1.51. The molecule has 0 aliphatic heterocycles. The average Bonchev–Trinajstić information content (AvgIpc) is 3.03. The van der Waals surface area contributed by atoms with Gasteiger partial charge in [-0.15, -0.1) is 0 Å². The zero-order valence-corrected chi connectivity index (χ0v) is 24.2. The van der Waals surface area contributed by atoms with Crippen LogP contribution in [0.15, 0.2) is 73.1 Å². The second-order valence-corrected chi connectivity index (χ2v) is 9.63. The van der Waals surface area contributed by atoms with E-state index in [2.05, 4.69) is 41.9 Å². The van der Waals surface area contributed by atoms with E-state index in [1.54, 1.807) is 60.9 Å². The molecule has 14 nitrogen and oxygen atoms in total. The smallest absolute Gasteiger partial charge is 0.239 e. The quantitative estimate of drug-likeness (QED) is 0.0946. The number of carbonyl (C=O) groups excluding carboxylic acids is 4. The van der Waals surface area contributed by atoms with Gasteiger partial charge in [0.1, 0.15) is 12.1 Å². The number of hydrogen-bond acceptors (Lipinski definition) is 10. The molecule has 14 heteroatoms. The number of nitrogens with one attached hydrogen (secondary N) is 6. The van der Waals surface area contributed by atoms with Crippen molar-refractivity contribution in [1.29, 1.82) is 0 Å². The lowest BCUT2D eigenvalue weighted by Crippen LogP contribution is -2.46. The van der Waals surface area contributed by atoms with Crippen LogP contribution >= 0.6 is 0 Å². The highest BCUT2D eigenvalue weighted by Gasteiger charge is 2.18. The summed E-state index contributed by atoms with van der Waals surface area (Å²) in [6.45, 7) is -0.0330. The van der Waals surface area contributed by atoms with Crippen molar-refractivity contribution in [3.8, 4) is 0 Å². The van der Waals surface area contributed by atoms with E-state index in [1.165, 1.54) is 0 Å². The Bertz CT molecular complexity index is 1230. The van der Waals surface area contributed by atoms with E-state index in [1.807, 2.05) is 12.1 Å². The number of aliphatic hydroxyl groups is 2. The van der Waals surface area contributed by atoms with Crippen LogP contribution in [0.25, 0.3) is 0 Å². The number of hydrogen-bond donors (Lipinski definition) is 8. The number of rotatable bonds is 18. The number of carbonyl (C=O) groups is 4. The van der Waals surface area contributed by atoms with E-state index in [4.69, 9.17) is 0 Å². The summed E-state index contributed by atoms with van der Waals surface area (Å²) in [7, 11) is 0. The summed E-state index contributed by atoms with van der Waals surface area (Å²) in [6.07, 6.45) is 3.31. The van der Waals surface area contributed by atoms with E-state index in [-0.39, 0.29) is 37.7 Å². The van der Waals surface area contributed by atoms with Crippen LogP contribution in [0, 0.1) is 0 Å². The van der Waals surface area contributed by atoms with Crippen molar-refractivity contribution in [2.24, 2.45) is 0 Å². The monoisotopic (exact) mass is 606 g/mol. The molecular weight excluding hydrogens is 568 g/mol. The van der Waals surface area contributed by atoms with Crippen molar-refractivity contribution < 1.29 is 29.4 Å². The molecule has 0 unspecified atom stereocenters. The van der Waals surface area contributed by atoms with Gasteiger partial charge < -0.3 is 31.5 Å². The van der Waals surface area contributed by atoms with Gasteiger partial charge in [0.2, 0.25) is 23.6 Å². The van der Waals surface area contributed by atoms with E-state index in [0.717, 1.165) is 11.4 Å². The van der Waals surface area contributed by atoms with Gasteiger partial charge in [-0.2, -0.15) is 0 Å². The molecule has 0 aliphatic rings. The third-order valence-electron chi connectivity index (χ3n) is 6.26. The van der Waals surface area contributed by atoms with Crippen molar-refractivity contribution >= 4 is 35.0 Å². The SMILES string of the molecule is O=C(CCNC(=O)[C@H](CO)NCc1ccccn1)Nc1ccc(NC(=O)CCNC(=O)[C@H](CO)NCc2ccccn2)cc1. The number of aliphatic hydroxyl groups excluding tert-OH is 2. The molecule has 4 amide bonds. The van der Waals surface area contributed by atoms with E-state index in [9.17, 15) is 29.4 Å². The third-order valence-corrected chi connectivity index (χ3v) is 6.26. The second kappa shape index (κ2) is 18.7. The van der Waals surface area contributed by atoms with Crippen molar-refractivity contribution in [3.05, 3.63) is 84.4 Å². The number of pyridine rings is 2. The van der Waals surface area contributed by atoms with Gasteiger partial charge in [0.15, 0.2) is 0 Å². The van der Waals surface area contributed by atoms with Gasteiger partial charge in [-0.1, -0.05) is 12.1 Å². The first-order valence-electron chi connectivity index (χ1n) is 14.1. The highest BCUT2D eigenvalue weighted by molar-refractivity contribution is 5.93. The summed E-state index contributed by atoms with van der Waals surface area (Å²) in [4.78, 5) is 57.6. The molecule has 8 N–H and O–H groups in total. The highest BCUT2D eigenvalue weighted by atomic mass is 16.3. The van der Waals surface area contributed by atoms with Crippen LogP contribution in [0.4, 0.5) is 11.4 Å². The number of benzene rings is 1. The van der Waals surface area contributed by atoms with E-state index >= 15 is 0 Å². The molecule has 2 aromatic heterocycles. The summed E-state index contributed by atoms with van der Waals surface area (Å²) < 4.78 is 0. The Kier molecular flexibility index (Phi) is 14.3. The van der Waals surface area contributed by atoms with E-state index < -0.39 is 37.1 Å². The van der Waals surface area contributed by atoms with Crippen molar-refractivity contribution in [3.63, 3.8) is 0 Å². The van der Waals surface area contributed by atoms with Gasteiger partial charge in [0, 0.05) is 62.8 Å². The predicted octanol–water partition coefficient (Wildman–Crippen LogP) is -0.332. The van der Waals surface area contributed by atoms with Crippen LogP contribution in [0.2, 0.25) is 0 Å². The van der Waals surface area contributed by atoms with Crippen molar-refractivity contribution in [2.45, 2.75) is 38.0 Å². The molecule has 0 saturated heterocycles. The summed E-state index contributed by atoms with van der Waals surface area (Å²) >= 11 is 0. The zero-order chi connectivity index (χ0) is 31.6. The van der Waals surface area contributed by atoms with Crippen molar-refractivity contribution in [1.82, 2.24) is 31.2 Å². The van der Waals surface area contributed by atoms with Crippen LogP contribution in [0.1, 0.15) is 24.2 Å². The molecule has 3 aromatic rings. The molecule has 0 aliphatic carbocycles. The fourth-order valence-electron chi connectivity index (χ4n) is 3.87. The molecule has 2 heterocycles. The van der Waals surface area contributed by atoms with Crippen LogP contribution < -0.4 is 31.9 Å². The maximum absolute atomic E-state index is 12.3. The molecule has 0 radical (unpaired) electrons. The largest absolute Gasteiger partial charge is 0.394 e. The summed E-state index contributed by atoms with van der Waals surface area (Å²) in [6, 6.07) is 15.6. The average molecular weight is 607 g/mol. The molecular formula is C30H38N8O6. The van der Waals surface area contributed by atoms with Gasteiger partial charge in [0.05, 0.1) is 24.6 Å². The lowest BCUT2D eigenvalue weighted by molar-refractivity contribution is -0.125. The van der Waals surface area contributed by atoms with Crippen LogP contribution in [-0.4, -0.2) is 82.2 Å². The van der Waals surface area contributed by atoms with Crippen LogP contribution in [-0.2, 0) is 32.3 Å². The molecule has 0 spiro atoms. The van der Waals surface area contributed by atoms with Gasteiger partial charge in [-0.05, 0) is 48.5 Å². The van der Waals surface area contributed by atoms with E-state index in [0.29, 0.717) is 24.5 Å². The molecule has 2 atom stereocenters. The maximum atomic E-state index is 12.3. The maximum Gasteiger partial charge on any atom is 0.239 e. The molecule has 0 saturated carbocycles. The fourth-order valence-corrected chi connectivity index (χ4v) is 3.87. The minimum atomic E-state index is -0.837. The van der Waals surface area contributed by atoms with Gasteiger partial charge in [-0.25, -0.2) is 0 Å². The number of amides is 4. The Morgan fingerprint density at radius 3 is 1.36 bits per heavy atom. The van der Waals surface area contributed by atoms with Gasteiger partial charge >= 0.3 is 0 Å². The first kappa shape index (κ1) is 33.7. The van der Waals surface area contributed by atoms with Crippen molar-refractivity contribution in [2.75, 3.05) is 36.9 Å². The van der Waals surface area contributed by atoms with Crippen LogP contribution in [0.5, 0.6) is 0 Å². The molecule has 0 bridgehead atoms. The van der Waals surface area contributed by atoms with Gasteiger partial charge in [-0.3, -0.25) is 39.8 Å². The lowest BCUT2D eigenvalue weighted by Gasteiger charge is -2.16. The Balaban J connectivity index is 1.30. The number of nitrogens with zero attached hydrogens (tertiary/aromatic N) is 2. The minimum Gasteiger partial charge on any atom is -0.394 e. The normalized spacial score (nSPS) is 12.0. The Hall–Kier alpha value is -4.76. The van der Waals surface area contributed by atoms with Crippen LogP contribution in [0.3, 0.4) is 0 Å². The molecule has 44 heavy (non-hydrogen) atoms. The zero-order valence-electron chi connectivity index (χ0n) is 24.2. The Labute approximate surface area is 255 Å². The van der Waals surface area contributed by atoms with Gasteiger partial charge in [0.25, 0.3) is 0 Å². The topological polar surface area (TPSA) is 207 Å². The molecule has 0 fully saturated rings. The number of anilines is 2. The lowest BCUT2D eigenvalue weighted by atomic mass is 10.2. The molecule has 234 valence electrons. The first-order chi connectivity index (χ1) is 21.4. The molecule has 3 rings (SSSR count). The minimum absolute atomic E-state index is 0.0180. The third kappa shape index (κ3) is 12.2. The predicted molar refractivity (Wildman–Crippen MR) is 163 cm³/mol. The molecule has 1 aromatic carbocycles. The first-order valence-corrected chi connectivity index (χ1v) is 14.1. The summed E-state index contributed by atoms with van der Waals surface area (Å²) in [5, 5.41) is 35.6. The summed E-state index contributed by atoms with van der Waals surface area (Å²) in [5.41, 5.74) is 2.46. The standard InChI is InChI=1S/C30H38N8O6/c39-19-25(35-17-23-5-1-3-13-31-23)29(43)33-15-11-27(41)37-21-7-9-22(10-8-21)38-28(42)12-16-34-30(44)26(20-40)36-18-24-6-2-4-14-32-24/h1-10,13-14,25-26,35-36,39-40H,11-12,15-20H2,(H,33,43)(H,34,44)(H,37,41)(H,38,42)/t25-,26-/m0/s1. The highest BCUT2D eigenvalue weighted by Crippen LogP contribution is 2.14. The fraction of sp³-hybridized carbons (Fsp3) is 0.333.